The van der Waals surface area contributed by atoms with Gasteiger partial charge in [0.05, 0.1) is 6.04 Å². The summed E-state index contributed by atoms with van der Waals surface area (Å²) in [5, 5.41) is 9.27. The number of carbonyl (C=O) groups is 1. The summed E-state index contributed by atoms with van der Waals surface area (Å²) in [6.45, 7) is 0. The molecule has 1 amide bonds. The molecule has 3 N–H and O–H groups in total. The molecule has 0 spiro atoms. The van der Waals surface area contributed by atoms with Crippen LogP contribution in [-0.4, -0.2) is 24.1 Å². The normalized spacial score (nSPS) is 11.9. The number of rotatable bonds is 5. The summed E-state index contributed by atoms with van der Waals surface area (Å²) in [7, 11) is 1.69. The van der Waals surface area contributed by atoms with Gasteiger partial charge in [0.1, 0.15) is 5.75 Å². The maximum absolute atomic E-state index is 12.3. The summed E-state index contributed by atoms with van der Waals surface area (Å²) in [5.74, 6) is 0.0459. The van der Waals surface area contributed by atoms with E-state index in [1.54, 1.807) is 31.3 Å². The van der Waals surface area contributed by atoms with Crippen LogP contribution < -0.4 is 10.6 Å². The Hall–Kier alpha value is -2.33. The summed E-state index contributed by atoms with van der Waals surface area (Å²) >= 11 is 0. The molecule has 0 aliphatic carbocycles. The van der Waals surface area contributed by atoms with Crippen LogP contribution in [0.4, 0.5) is 5.69 Å². The fourth-order valence-corrected chi connectivity index (χ4v) is 2.14. The molecular formula is C17H20N2O2. The third-order valence-electron chi connectivity index (χ3n) is 3.47. The van der Waals surface area contributed by atoms with Crippen molar-refractivity contribution in [3.8, 4) is 5.75 Å². The van der Waals surface area contributed by atoms with Crippen LogP contribution in [0.25, 0.3) is 0 Å². The number of anilines is 1. The van der Waals surface area contributed by atoms with Crippen LogP contribution in [0.5, 0.6) is 5.75 Å². The first kappa shape index (κ1) is 15.1. The van der Waals surface area contributed by atoms with E-state index in [4.69, 9.17) is 5.73 Å². The van der Waals surface area contributed by atoms with E-state index in [0.717, 1.165) is 6.42 Å². The van der Waals surface area contributed by atoms with Crippen LogP contribution >= 0.6 is 0 Å². The van der Waals surface area contributed by atoms with Crippen molar-refractivity contribution in [1.29, 1.82) is 0 Å². The van der Waals surface area contributed by atoms with Gasteiger partial charge in [-0.05, 0) is 42.7 Å². The quantitative estimate of drug-likeness (QED) is 0.885. The standard InChI is InChI=1S/C17H20N2O2/c1-19(14-8-10-15(20)11-9-14)17(21)16(18)12-7-13-5-3-2-4-6-13/h2-6,8-11,16,20H,7,12,18H2,1H3/t16-/m0/s1. The second-order valence-corrected chi connectivity index (χ2v) is 5.04. The number of aromatic hydroxyl groups is 1. The van der Waals surface area contributed by atoms with Crippen LogP contribution in [-0.2, 0) is 11.2 Å². The van der Waals surface area contributed by atoms with E-state index in [-0.39, 0.29) is 11.7 Å². The van der Waals surface area contributed by atoms with E-state index in [1.807, 2.05) is 30.3 Å². The molecule has 2 aromatic carbocycles. The van der Waals surface area contributed by atoms with Crippen LogP contribution in [0.1, 0.15) is 12.0 Å². The van der Waals surface area contributed by atoms with Gasteiger partial charge in [-0.25, -0.2) is 0 Å². The Labute approximate surface area is 124 Å². The topological polar surface area (TPSA) is 66.6 Å². The molecule has 0 heterocycles. The predicted molar refractivity (Wildman–Crippen MR) is 84.3 cm³/mol. The Balaban J connectivity index is 1.94. The summed E-state index contributed by atoms with van der Waals surface area (Å²) in [6.07, 6.45) is 1.38. The van der Waals surface area contributed by atoms with E-state index in [9.17, 15) is 9.90 Å². The molecule has 2 rings (SSSR count). The summed E-state index contributed by atoms with van der Waals surface area (Å²) in [4.78, 5) is 13.8. The van der Waals surface area contributed by atoms with Crippen molar-refractivity contribution in [2.45, 2.75) is 18.9 Å². The Morgan fingerprint density at radius 1 is 1.14 bits per heavy atom. The first-order chi connectivity index (χ1) is 10.1. The minimum atomic E-state index is -0.538. The van der Waals surface area contributed by atoms with Crippen LogP contribution in [0, 0.1) is 0 Å². The molecule has 110 valence electrons. The summed E-state index contributed by atoms with van der Waals surface area (Å²) in [5.41, 5.74) is 7.88. The van der Waals surface area contributed by atoms with Crippen LogP contribution in [0.15, 0.2) is 54.6 Å². The lowest BCUT2D eigenvalue weighted by atomic mass is 10.0. The zero-order valence-corrected chi connectivity index (χ0v) is 12.1. The highest BCUT2D eigenvalue weighted by molar-refractivity contribution is 5.96. The second kappa shape index (κ2) is 6.90. The first-order valence-electron chi connectivity index (χ1n) is 6.94. The minimum Gasteiger partial charge on any atom is -0.508 e. The highest BCUT2D eigenvalue weighted by atomic mass is 16.3. The number of hydrogen-bond donors (Lipinski definition) is 2. The van der Waals surface area contributed by atoms with Gasteiger partial charge in [-0.15, -0.1) is 0 Å². The summed E-state index contributed by atoms with van der Waals surface area (Å²) < 4.78 is 0. The molecule has 0 aromatic heterocycles. The van der Waals surface area contributed by atoms with E-state index >= 15 is 0 Å². The van der Waals surface area contributed by atoms with Crippen molar-refractivity contribution in [1.82, 2.24) is 0 Å². The molecule has 0 bridgehead atoms. The number of phenols is 1. The van der Waals surface area contributed by atoms with Gasteiger partial charge in [-0.3, -0.25) is 4.79 Å². The van der Waals surface area contributed by atoms with Crippen molar-refractivity contribution < 1.29 is 9.90 Å². The van der Waals surface area contributed by atoms with E-state index in [0.29, 0.717) is 12.1 Å². The maximum Gasteiger partial charge on any atom is 0.243 e. The molecule has 0 radical (unpaired) electrons. The zero-order chi connectivity index (χ0) is 15.2. The molecule has 0 aliphatic heterocycles. The summed E-state index contributed by atoms with van der Waals surface area (Å²) in [6, 6.07) is 15.9. The van der Waals surface area contributed by atoms with E-state index < -0.39 is 6.04 Å². The third-order valence-corrected chi connectivity index (χ3v) is 3.47. The number of amides is 1. The van der Waals surface area contributed by atoms with Gasteiger partial charge in [0, 0.05) is 12.7 Å². The molecule has 4 heteroatoms. The SMILES string of the molecule is CN(C(=O)[C@@H](N)CCc1ccccc1)c1ccc(O)cc1. The minimum absolute atomic E-state index is 0.128. The Morgan fingerprint density at radius 2 is 1.76 bits per heavy atom. The number of nitrogens with two attached hydrogens (primary N) is 1. The number of nitrogens with zero attached hydrogens (tertiary/aromatic N) is 1. The number of phenolic OH excluding ortho intramolecular Hbond substituents is 1. The predicted octanol–water partition coefficient (Wildman–Crippen LogP) is 2.32. The Kier molecular flexibility index (Phi) is 4.95. The molecule has 4 nitrogen and oxygen atoms in total. The lowest BCUT2D eigenvalue weighted by Crippen LogP contribution is -2.42. The number of likely N-dealkylation sites (N-methyl/N-ethyl adjacent to an activating group) is 1. The fourth-order valence-electron chi connectivity index (χ4n) is 2.14. The Morgan fingerprint density at radius 3 is 2.38 bits per heavy atom. The smallest absolute Gasteiger partial charge is 0.243 e. The molecule has 21 heavy (non-hydrogen) atoms. The van der Waals surface area contributed by atoms with Gasteiger partial charge in [-0.2, -0.15) is 0 Å². The molecule has 1 atom stereocenters. The second-order valence-electron chi connectivity index (χ2n) is 5.04. The first-order valence-corrected chi connectivity index (χ1v) is 6.94. The van der Waals surface area contributed by atoms with Crippen molar-refractivity contribution in [3.63, 3.8) is 0 Å². The van der Waals surface area contributed by atoms with Crippen LogP contribution in [0.2, 0.25) is 0 Å². The number of aryl methyl sites for hydroxylation is 1. The molecule has 0 saturated heterocycles. The number of carbonyl (C=O) groups excluding carboxylic acids is 1. The highest BCUT2D eigenvalue weighted by Crippen LogP contribution is 2.18. The molecule has 0 aliphatic rings. The van der Waals surface area contributed by atoms with Gasteiger partial charge < -0.3 is 15.7 Å². The van der Waals surface area contributed by atoms with Crippen molar-refractivity contribution >= 4 is 11.6 Å². The molecule has 2 aromatic rings. The lowest BCUT2D eigenvalue weighted by Gasteiger charge is -2.21. The largest absolute Gasteiger partial charge is 0.508 e. The van der Waals surface area contributed by atoms with Gasteiger partial charge in [0.15, 0.2) is 0 Å². The monoisotopic (exact) mass is 284 g/mol. The molecule has 0 fully saturated rings. The highest BCUT2D eigenvalue weighted by Gasteiger charge is 2.19. The maximum atomic E-state index is 12.3. The van der Waals surface area contributed by atoms with Gasteiger partial charge >= 0.3 is 0 Å². The molecule has 0 saturated carbocycles. The molecular weight excluding hydrogens is 264 g/mol. The average Bonchev–Trinajstić information content (AvgIpc) is 2.53. The van der Waals surface area contributed by atoms with Gasteiger partial charge in [-0.1, -0.05) is 30.3 Å². The third kappa shape index (κ3) is 4.07. The fraction of sp³-hybridized carbons (Fsp3) is 0.235. The van der Waals surface area contributed by atoms with E-state index in [2.05, 4.69) is 0 Å². The zero-order valence-electron chi connectivity index (χ0n) is 12.1. The average molecular weight is 284 g/mol. The Bertz CT molecular complexity index is 581. The number of hydrogen-bond acceptors (Lipinski definition) is 3. The van der Waals surface area contributed by atoms with Crippen molar-refractivity contribution in [3.05, 3.63) is 60.2 Å². The van der Waals surface area contributed by atoms with Gasteiger partial charge in [0.2, 0.25) is 5.91 Å². The lowest BCUT2D eigenvalue weighted by molar-refractivity contribution is -0.119. The number of benzene rings is 2. The van der Waals surface area contributed by atoms with Crippen molar-refractivity contribution in [2.24, 2.45) is 5.73 Å². The molecule has 0 unspecified atom stereocenters. The van der Waals surface area contributed by atoms with Gasteiger partial charge in [0.25, 0.3) is 0 Å². The van der Waals surface area contributed by atoms with E-state index in [1.165, 1.54) is 10.5 Å². The van der Waals surface area contributed by atoms with Crippen molar-refractivity contribution in [2.75, 3.05) is 11.9 Å². The van der Waals surface area contributed by atoms with Crippen LogP contribution in [0.3, 0.4) is 0 Å².